The summed E-state index contributed by atoms with van der Waals surface area (Å²) in [6, 6.07) is 0. The lowest BCUT2D eigenvalue weighted by Crippen LogP contribution is -2.49. The van der Waals surface area contributed by atoms with Crippen molar-refractivity contribution in [2.24, 2.45) is 10.9 Å². The highest BCUT2D eigenvalue weighted by atomic mass is 32.2. The van der Waals surface area contributed by atoms with Crippen molar-refractivity contribution in [3.8, 4) is 0 Å². The lowest BCUT2D eigenvalue weighted by atomic mass is 10.1. The van der Waals surface area contributed by atoms with Crippen LogP contribution in [0.15, 0.2) is 10.4 Å². The number of hydrogen-bond donors (Lipinski definition) is 1. The highest BCUT2D eigenvalue weighted by molar-refractivity contribution is 8.00. The summed E-state index contributed by atoms with van der Waals surface area (Å²) in [6.07, 6.45) is 0. The van der Waals surface area contributed by atoms with Gasteiger partial charge >= 0.3 is 0 Å². The number of aliphatic imine (C=N–C) groups is 1. The minimum absolute atomic E-state index is 0.642. The zero-order chi connectivity index (χ0) is 16.8. The van der Waals surface area contributed by atoms with Crippen LogP contribution < -0.4 is 10.2 Å². The molecule has 1 aromatic heterocycles. The number of rotatable bonds is 5. The van der Waals surface area contributed by atoms with Gasteiger partial charge in [-0.25, -0.2) is 9.98 Å². The van der Waals surface area contributed by atoms with Crippen LogP contribution in [0.3, 0.4) is 0 Å². The van der Waals surface area contributed by atoms with Gasteiger partial charge in [0.15, 0.2) is 11.1 Å². The average Bonchev–Trinajstić information content (AvgIpc) is 3.00. The van der Waals surface area contributed by atoms with Crippen molar-refractivity contribution in [2.45, 2.75) is 32.6 Å². The Morgan fingerprint density at radius 3 is 2.91 bits per heavy atom. The van der Waals surface area contributed by atoms with E-state index in [9.17, 15) is 0 Å². The van der Waals surface area contributed by atoms with Crippen molar-refractivity contribution < 1.29 is 0 Å². The highest BCUT2D eigenvalue weighted by Crippen LogP contribution is 2.25. The largest absolute Gasteiger partial charge is 0.357 e. The van der Waals surface area contributed by atoms with Crippen molar-refractivity contribution >= 4 is 34.2 Å². The first-order valence-electron chi connectivity index (χ1n) is 8.27. The summed E-state index contributed by atoms with van der Waals surface area (Å²) in [7, 11) is 4.04. The SMILES string of the molecule is CCNC(=NCc1csc(N(C)C)n1)N1CCSC(C(C)C)C1. The number of guanidine groups is 1. The third kappa shape index (κ3) is 5.28. The zero-order valence-corrected chi connectivity index (χ0v) is 16.5. The second kappa shape index (κ2) is 8.78. The Balaban J connectivity index is 2.04. The fraction of sp³-hybridized carbons (Fsp3) is 0.750. The molecule has 1 aliphatic rings. The van der Waals surface area contributed by atoms with Crippen LogP contribution in [0.4, 0.5) is 5.13 Å². The third-order valence-electron chi connectivity index (χ3n) is 3.78. The molecule has 1 aliphatic heterocycles. The molecule has 1 atom stereocenters. The first-order chi connectivity index (χ1) is 11.0. The lowest BCUT2D eigenvalue weighted by Gasteiger charge is -2.36. The number of thioether (sulfide) groups is 1. The second-order valence-corrected chi connectivity index (χ2v) is 8.47. The van der Waals surface area contributed by atoms with E-state index >= 15 is 0 Å². The molecule has 0 aromatic carbocycles. The molecule has 0 saturated carbocycles. The quantitative estimate of drug-likeness (QED) is 0.650. The molecule has 0 bridgehead atoms. The maximum absolute atomic E-state index is 4.82. The van der Waals surface area contributed by atoms with Gasteiger partial charge in [0.25, 0.3) is 0 Å². The molecule has 7 heteroatoms. The molecular weight excluding hydrogens is 326 g/mol. The zero-order valence-electron chi connectivity index (χ0n) is 14.9. The van der Waals surface area contributed by atoms with Gasteiger partial charge in [0.2, 0.25) is 0 Å². The predicted octanol–water partition coefficient (Wildman–Crippen LogP) is 2.75. The minimum Gasteiger partial charge on any atom is -0.357 e. The van der Waals surface area contributed by atoms with Crippen molar-refractivity contribution in [3.63, 3.8) is 0 Å². The highest BCUT2D eigenvalue weighted by Gasteiger charge is 2.24. The molecule has 1 saturated heterocycles. The maximum atomic E-state index is 4.82. The van der Waals surface area contributed by atoms with Gasteiger partial charge in [0.05, 0.1) is 12.2 Å². The van der Waals surface area contributed by atoms with Crippen molar-refractivity contribution in [1.29, 1.82) is 0 Å². The summed E-state index contributed by atoms with van der Waals surface area (Å²) in [6.45, 7) is 10.4. The van der Waals surface area contributed by atoms with Gasteiger partial charge in [-0.15, -0.1) is 11.3 Å². The summed E-state index contributed by atoms with van der Waals surface area (Å²) in [5.74, 6) is 2.90. The van der Waals surface area contributed by atoms with E-state index in [1.54, 1.807) is 11.3 Å². The van der Waals surface area contributed by atoms with E-state index in [-0.39, 0.29) is 0 Å². The van der Waals surface area contributed by atoms with Crippen LogP contribution in [0.5, 0.6) is 0 Å². The molecule has 1 fully saturated rings. The van der Waals surface area contributed by atoms with Gasteiger partial charge in [-0.2, -0.15) is 11.8 Å². The van der Waals surface area contributed by atoms with Crippen LogP contribution >= 0.6 is 23.1 Å². The molecule has 0 spiro atoms. The molecule has 130 valence electrons. The standard InChI is InChI=1S/C16H29N5S2/c1-6-17-15(21-7-8-22-14(10-21)12(2)3)18-9-13-11-23-16(19-13)20(4)5/h11-12,14H,6-10H2,1-5H3,(H,17,18). The van der Waals surface area contributed by atoms with Crippen molar-refractivity contribution in [2.75, 3.05) is 44.4 Å². The summed E-state index contributed by atoms with van der Waals surface area (Å²) in [5, 5.41) is 7.27. The van der Waals surface area contributed by atoms with Crippen LogP contribution in [0.2, 0.25) is 0 Å². The maximum Gasteiger partial charge on any atom is 0.194 e. The Morgan fingerprint density at radius 2 is 2.30 bits per heavy atom. The Bertz CT molecular complexity index is 512. The monoisotopic (exact) mass is 355 g/mol. The van der Waals surface area contributed by atoms with Crippen LogP contribution in [-0.4, -0.2) is 60.6 Å². The Hall–Kier alpha value is -0.950. The van der Waals surface area contributed by atoms with Crippen LogP contribution in [-0.2, 0) is 6.54 Å². The lowest BCUT2D eigenvalue weighted by molar-refractivity contribution is 0.380. The van der Waals surface area contributed by atoms with Crippen LogP contribution in [0.25, 0.3) is 0 Å². The molecule has 0 radical (unpaired) electrons. The van der Waals surface area contributed by atoms with E-state index in [1.807, 2.05) is 19.0 Å². The van der Waals surface area contributed by atoms with Gasteiger partial charge in [-0.1, -0.05) is 13.8 Å². The molecule has 1 unspecified atom stereocenters. The minimum atomic E-state index is 0.642. The van der Waals surface area contributed by atoms with Gasteiger partial charge in [0.1, 0.15) is 0 Å². The average molecular weight is 356 g/mol. The molecule has 5 nitrogen and oxygen atoms in total. The molecule has 0 amide bonds. The molecule has 1 aromatic rings. The van der Waals surface area contributed by atoms with E-state index in [4.69, 9.17) is 4.99 Å². The van der Waals surface area contributed by atoms with Gasteiger partial charge < -0.3 is 15.1 Å². The van der Waals surface area contributed by atoms with E-state index < -0.39 is 0 Å². The first kappa shape index (κ1) is 18.4. The molecule has 2 rings (SSSR count). The third-order valence-corrected chi connectivity index (χ3v) is 6.38. The fourth-order valence-electron chi connectivity index (χ4n) is 2.43. The Kier molecular flexibility index (Phi) is 7.02. The summed E-state index contributed by atoms with van der Waals surface area (Å²) in [5.41, 5.74) is 1.04. The smallest absolute Gasteiger partial charge is 0.194 e. The van der Waals surface area contributed by atoms with E-state index in [1.165, 1.54) is 5.75 Å². The Labute approximate surface area is 148 Å². The van der Waals surface area contributed by atoms with E-state index in [0.717, 1.165) is 36.4 Å². The normalized spacial score (nSPS) is 19.3. The molecular formula is C16H29N5S2. The molecule has 1 N–H and O–H groups in total. The predicted molar refractivity (Wildman–Crippen MR) is 104 cm³/mol. The number of hydrogen-bond acceptors (Lipinski definition) is 5. The van der Waals surface area contributed by atoms with Gasteiger partial charge in [0, 0.05) is 50.1 Å². The summed E-state index contributed by atoms with van der Waals surface area (Å²) in [4.78, 5) is 13.9. The molecule has 2 heterocycles. The summed E-state index contributed by atoms with van der Waals surface area (Å²) < 4.78 is 0. The topological polar surface area (TPSA) is 43.8 Å². The number of anilines is 1. The van der Waals surface area contributed by atoms with E-state index in [0.29, 0.717) is 17.7 Å². The molecule has 0 aliphatic carbocycles. The number of aromatic nitrogens is 1. The fourth-order valence-corrected chi connectivity index (χ4v) is 4.48. The van der Waals surface area contributed by atoms with Crippen molar-refractivity contribution in [3.05, 3.63) is 11.1 Å². The van der Waals surface area contributed by atoms with Gasteiger partial charge in [-0.3, -0.25) is 0 Å². The number of nitrogens with zero attached hydrogens (tertiary/aromatic N) is 4. The first-order valence-corrected chi connectivity index (χ1v) is 10.2. The van der Waals surface area contributed by atoms with Crippen LogP contribution in [0.1, 0.15) is 26.5 Å². The molecule has 23 heavy (non-hydrogen) atoms. The second-order valence-electron chi connectivity index (χ2n) is 6.29. The summed E-state index contributed by atoms with van der Waals surface area (Å²) >= 11 is 3.76. The van der Waals surface area contributed by atoms with Gasteiger partial charge in [-0.05, 0) is 12.8 Å². The van der Waals surface area contributed by atoms with Crippen LogP contribution in [0, 0.1) is 5.92 Å². The number of thiazole rings is 1. The number of nitrogens with one attached hydrogen (secondary N) is 1. The Morgan fingerprint density at radius 1 is 1.52 bits per heavy atom. The van der Waals surface area contributed by atoms with E-state index in [2.05, 4.69) is 53.1 Å². The van der Waals surface area contributed by atoms with Crippen molar-refractivity contribution in [1.82, 2.24) is 15.2 Å².